The molecule has 0 aliphatic heterocycles. The summed E-state index contributed by atoms with van der Waals surface area (Å²) in [6.45, 7) is 0.0772. The molecule has 0 atom stereocenters. The number of carbonyl (C=O) groups is 2. The van der Waals surface area contributed by atoms with Crippen LogP contribution >= 0.6 is 0 Å². The van der Waals surface area contributed by atoms with Gasteiger partial charge in [0.05, 0.1) is 18.5 Å². The zero-order valence-electron chi connectivity index (χ0n) is 8.70. The number of pyridine rings is 1. The summed E-state index contributed by atoms with van der Waals surface area (Å²) in [6.07, 6.45) is 4.09. The van der Waals surface area contributed by atoms with Crippen molar-refractivity contribution in [2.45, 2.75) is 6.61 Å². The lowest BCUT2D eigenvalue weighted by Crippen LogP contribution is -2.23. The number of aromatic nitrogens is 1. The molecular weight excluding hydrogens is 230 g/mol. The molecule has 17 heavy (non-hydrogen) atoms. The number of aliphatic hydroxyl groups is 1. The van der Waals surface area contributed by atoms with Crippen LogP contribution in [0.1, 0.15) is 5.56 Å². The lowest BCUT2D eigenvalue weighted by Gasteiger charge is -1.90. The summed E-state index contributed by atoms with van der Waals surface area (Å²) in [5, 5.41) is 27.3. The number of aliphatic hydroxyl groups excluding tert-OH is 1. The number of carboxylic acid groups (broad SMARTS) is 2. The summed E-state index contributed by atoms with van der Waals surface area (Å²) < 4.78 is 0. The Morgan fingerprint density at radius 2 is 1.82 bits per heavy atom. The van der Waals surface area contributed by atoms with E-state index in [4.69, 9.17) is 5.11 Å². The van der Waals surface area contributed by atoms with Crippen molar-refractivity contribution in [1.82, 2.24) is 4.98 Å². The van der Waals surface area contributed by atoms with Crippen LogP contribution in [-0.2, 0) is 16.2 Å². The van der Waals surface area contributed by atoms with E-state index in [1.165, 1.54) is 0 Å². The Labute approximate surface area is 97.0 Å². The van der Waals surface area contributed by atoms with Gasteiger partial charge in [0.15, 0.2) is 0 Å². The van der Waals surface area contributed by atoms with Gasteiger partial charge in [0, 0.05) is 12.4 Å². The van der Waals surface area contributed by atoms with Gasteiger partial charge in [-0.3, -0.25) is 4.98 Å². The van der Waals surface area contributed by atoms with E-state index < -0.39 is 11.9 Å². The van der Waals surface area contributed by atoms with Gasteiger partial charge in [-0.15, -0.1) is 0 Å². The first-order valence-electron chi connectivity index (χ1n) is 4.16. The molecule has 0 spiro atoms. The standard InChI is InChI=1S/C6H7NO.C4H4O4.H2O/c8-5-6-2-1-3-7-4-6;5-3(6)1-2-4(7)8;/h1-4,8H,5H2;1-2H,(H,5,6)(H,7,8);1H2/p-2/b;2-1-;. The van der Waals surface area contributed by atoms with Crippen molar-refractivity contribution in [2.75, 3.05) is 0 Å². The molecule has 0 amide bonds. The third kappa shape index (κ3) is 11.7. The summed E-state index contributed by atoms with van der Waals surface area (Å²) in [6, 6.07) is 3.62. The molecule has 0 fully saturated rings. The Morgan fingerprint density at radius 3 is 2.06 bits per heavy atom. The minimum atomic E-state index is -1.55. The van der Waals surface area contributed by atoms with Gasteiger partial charge < -0.3 is 30.4 Å². The Morgan fingerprint density at radius 1 is 1.29 bits per heavy atom. The number of aliphatic carboxylic acids is 2. The van der Waals surface area contributed by atoms with E-state index in [0.29, 0.717) is 12.2 Å². The van der Waals surface area contributed by atoms with Crippen molar-refractivity contribution in [3.05, 3.63) is 42.2 Å². The number of rotatable bonds is 3. The molecule has 0 radical (unpaired) electrons. The highest BCUT2D eigenvalue weighted by Gasteiger charge is 1.82. The second kappa shape index (κ2) is 10.3. The van der Waals surface area contributed by atoms with Gasteiger partial charge in [0.2, 0.25) is 0 Å². The van der Waals surface area contributed by atoms with Crippen molar-refractivity contribution < 1.29 is 30.4 Å². The molecule has 0 aliphatic rings. The topological polar surface area (TPSA) is 145 Å². The van der Waals surface area contributed by atoms with E-state index in [-0.39, 0.29) is 12.1 Å². The molecule has 7 heteroatoms. The average Bonchev–Trinajstić information content (AvgIpc) is 2.28. The number of hydrogen-bond donors (Lipinski definition) is 1. The summed E-state index contributed by atoms with van der Waals surface area (Å²) in [5.74, 6) is -3.09. The quantitative estimate of drug-likeness (QED) is 0.551. The maximum absolute atomic E-state index is 9.41. The third-order valence-corrected chi connectivity index (χ3v) is 1.26. The molecule has 0 bridgehead atoms. The highest BCUT2D eigenvalue weighted by atomic mass is 16.4. The van der Waals surface area contributed by atoms with Crippen LogP contribution in [0.2, 0.25) is 0 Å². The lowest BCUT2D eigenvalue weighted by atomic mass is 10.3. The number of hydrogen-bond acceptors (Lipinski definition) is 6. The second-order valence-electron chi connectivity index (χ2n) is 2.49. The number of carboxylic acids is 2. The van der Waals surface area contributed by atoms with E-state index in [0.717, 1.165) is 5.56 Å². The van der Waals surface area contributed by atoms with Crippen molar-refractivity contribution >= 4 is 11.9 Å². The lowest BCUT2D eigenvalue weighted by molar-refractivity contribution is -0.301. The highest BCUT2D eigenvalue weighted by Crippen LogP contribution is 1.92. The van der Waals surface area contributed by atoms with Gasteiger partial charge >= 0.3 is 0 Å². The summed E-state index contributed by atoms with van der Waals surface area (Å²) in [5.41, 5.74) is 0.854. The SMILES string of the molecule is O.O=C([O-])/C=C\C(=O)[O-].OCc1cccnc1. The Kier molecular flexibility index (Phi) is 10.4. The molecule has 1 heterocycles. The maximum Gasteiger partial charge on any atom is 0.0696 e. The molecule has 1 aromatic heterocycles. The first kappa shape index (κ1) is 17.2. The predicted octanol–water partition coefficient (Wildman–Crippen LogP) is -3.21. The van der Waals surface area contributed by atoms with Gasteiger partial charge in [-0.25, -0.2) is 0 Å². The smallest absolute Gasteiger partial charge is 0.0696 e. The summed E-state index contributed by atoms with van der Waals surface area (Å²) in [4.78, 5) is 22.6. The van der Waals surface area contributed by atoms with Crippen molar-refractivity contribution in [1.29, 1.82) is 0 Å². The van der Waals surface area contributed by atoms with Crippen LogP contribution in [0.3, 0.4) is 0 Å². The van der Waals surface area contributed by atoms with Gasteiger partial charge in [-0.05, 0) is 23.8 Å². The first-order chi connectivity index (χ1) is 7.56. The van der Waals surface area contributed by atoms with Crippen LogP contribution in [0.4, 0.5) is 0 Å². The molecule has 0 aliphatic carbocycles. The highest BCUT2D eigenvalue weighted by molar-refractivity contribution is 5.87. The molecule has 3 N–H and O–H groups in total. The predicted molar refractivity (Wildman–Crippen MR) is 52.9 cm³/mol. The Hall–Kier alpha value is -2.25. The first-order valence-corrected chi connectivity index (χ1v) is 4.16. The van der Waals surface area contributed by atoms with Crippen LogP contribution < -0.4 is 10.2 Å². The average molecular weight is 241 g/mol. The van der Waals surface area contributed by atoms with E-state index in [1.807, 2.05) is 6.07 Å². The molecule has 0 aromatic carbocycles. The monoisotopic (exact) mass is 241 g/mol. The van der Waals surface area contributed by atoms with Crippen LogP contribution in [0.5, 0.6) is 0 Å². The fraction of sp³-hybridized carbons (Fsp3) is 0.100. The molecule has 0 saturated heterocycles. The van der Waals surface area contributed by atoms with E-state index in [2.05, 4.69) is 4.98 Å². The molecular formula is C10H11NO6-2. The molecule has 1 rings (SSSR count). The van der Waals surface area contributed by atoms with Crippen molar-refractivity contribution in [3.63, 3.8) is 0 Å². The van der Waals surface area contributed by atoms with E-state index >= 15 is 0 Å². The van der Waals surface area contributed by atoms with Gasteiger partial charge in [-0.1, -0.05) is 6.07 Å². The van der Waals surface area contributed by atoms with Crippen LogP contribution in [0.15, 0.2) is 36.7 Å². The van der Waals surface area contributed by atoms with Gasteiger partial charge in [0.25, 0.3) is 0 Å². The van der Waals surface area contributed by atoms with Gasteiger partial charge in [0.1, 0.15) is 0 Å². The second-order valence-corrected chi connectivity index (χ2v) is 2.49. The zero-order chi connectivity index (χ0) is 12.4. The fourth-order valence-corrected chi connectivity index (χ4v) is 0.628. The Bertz CT molecular complexity index is 346. The summed E-state index contributed by atoms with van der Waals surface area (Å²) >= 11 is 0. The fourth-order valence-electron chi connectivity index (χ4n) is 0.628. The van der Waals surface area contributed by atoms with Crippen molar-refractivity contribution in [2.24, 2.45) is 0 Å². The third-order valence-electron chi connectivity index (χ3n) is 1.26. The molecule has 7 nitrogen and oxygen atoms in total. The molecule has 94 valence electrons. The van der Waals surface area contributed by atoms with Crippen LogP contribution in [0, 0.1) is 0 Å². The number of nitrogens with zero attached hydrogens (tertiary/aromatic N) is 1. The maximum atomic E-state index is 9.41. The van der Waals surface area contributed by atoms with Crippen molar-refractivity contribution in [3.8, 4) is 0 Å². The largest absolute Gasteiger partial charge is 0.545 e. The van der Waals surface area contributed by atoms with E-state index in [1.54, 1.807) is 18.5 Å². The van der Waals surface area contributed by atoms with Crippen LogP contribution in [-0.4, -0.2) is 27.5 Å². The Balaban J connectivity index is 0. The van der Waals surface area contributed by atoms with Crippen LogP contribution in [0.25, 0.3) is 0 Å². The van der Waals surface area contributed by atoms with E-state index in [9.17, 15) is 19.8 Å². The molecule has 1 aromatic rings. The molecule has 0 saturated carbocycles. The minimum Gasteiger partial charge on any atom is -0.545 e. The minimum absolute atomic E-state index is 0. The normalized spacial score (nSPS) is 8.76. The zero-order valence-corrected chi connectivity index (χ0v) is 8.70. The number of carbonyl (C=O) groups excluding carboxylic acids is 2. The van der Waals surface area contributed by atoms with Gasteiger partial charge in [-0.2, -0.15) is 0 Å². The molecule has 0 unspecified atom stereocenters. The summed E-state index contributed by atoms with van der Waals surface area (Å²) in [7, 11) is 0.